The molecular weight excluding hydrogens is 234 g/mol. The van der Waals surface area contributed by atoms with Crippen molar-refractivity contribution in [1.29, 1.82) is 0 Å². The van der Waals surface area contributed by atoms with Gasteiger partial charge in [0.1, 0.15) is 6.10 Å². The summed E-state index contributed by atoms with van der Waals surface area (Å²) in [7, 11) is 0. The maximum Gasteiger partial charge on any atom is 0.407 e. The van der Waals surface area contributed by atoms with Crippen LogP contribution in [0.3, 0.4) is 0 Å². The molecule has 0 radical (unpaired) electrons. The number of amides is 1. The molecule has 2 heterocycles. The molecule has 3 fully saturated rings. The molecule has 0 spiro atoms. The summed E-state index contributed by atoms with van der Waals surface area (Å²) in [5.74, 6) is 0. The van der Waals surface area contributed by atoms with E-state index in [4.69, 9.17) is 14.2 Å². The summed E-state index contributed by atoms with van der Waals surface area (Å²) >= 11 is 0. The number of rotatable bonds is 2. The Morgan fingerprint density at radius 2 is 2.06 bits per heavy atom. The summed E-state index contributed by atoms with van der Waals surface area (Å²) in [5.41, 5.74) is 0. The van der Waals surface area contributed by atoms with Crippen LogP contribution in [0.5, 0.6) is 0 Å². The largest absolute Gasteiger partial charge is 0.441 e. The lowest BCUT2D eigenvalue weighted by Crippen LogP contribution is -2.49. The van der Waals surface area contributed by atoms with E-state index in [9.17, 15) is 4.79 Å². The zero-order valence-corrected chi connectivity index (χ0v) is 10.8. The van der Waals surface area contributed by atoms with E-state index in [1.807, 2.05) is 6.92 Å². The van der Waals surface area contributed by atoms with Crippen LogP contribution < -0.4 is 5.32 Å². The molecule has 0 aromatic heterocycles. The first kappa shape index (κ1) is 12.2. The third-order valence-corrected chi connectivity index (χ3v) is 4.11. The number of alkyl carbamates (subject to hydrolysis) is 1. The minimum Gasteiger partial charge on any atom is -0.441 e. The SMILES string of the molecule is C[C@@H]1O[C@@H](OC2CCCCC2)C[C@@H]2NC(=O)O[C@@H]21. The number of nitrogens with one attached hydrogen (secondary N) is 1. The molecule has 0 unspecified atom stereocenters. The van der Waals surface area contributed by atoms with E-state index in [2.05, 4.69) is 5.32 Å². The zero-order valence-electron chi connectivity index (χ0n) is 10.8. The number of hydrogen-bond donors (Lipinski definition) is 1. The fraction of sp³-hybridized carbons (Fsp3) is 0.923. The summed E-state index contributed by atoms with van der Waals surface area (Å²) in [5, 5.41) is 2.83. The molecule has 0 aromatic carbocycles. The van der Waals surface area contributed by atoms with Gasteiger partial charge in [-0.1, -0.05) is 19.3 Å². The lowest BCUT2D eigenvalue weighted by molar-refractivity contribution is -0.236. The van der Waals surface area contributed by atoms with Gasteiger partial charge >= 0.3 is 6.09 Å². The Bertz CT molecular complexity index is 316. The van der Waals surface area contributed by atoms with Gasteiger partial charge in [-0.25, -0.2) is 4.79 Å². The van der Waals surface area contributed by atoms with Gasteiger partial charge in [-0.15, -0.1) is 0 Å². The van der Waals surface area contributed by atoms with Crippen molar-refractivity contribution < 1.29 is 19.0 Å². The lowest BCUT2D eigenvalue weighted by atomic mass is 9.97. The van der Waals surface area contributed by atoms with Crippen molar-refractivity contribution in [2.45, 2.75) is 76.1 Å². The third-order valence-electron chi connectivity index (χ3n) is 4.11. The molecule has 0 aromatic rings. The van der Waals surface area contributed by atoms with Crippen LogP contribution in [0.2, 0.25) is 0 Å². The predicted octanol–water partition coefficient (Wildman–Crippen LogP) is 1.95. The number of carbonyl (C=O) groups excluding carboxylic acids is 1. The van der Waals surface area contributed by atoms with Gasteiger partial charge in [-0.2, -0.15) is 0 Å². The molecule has 4 atom stereocenters. The van der Waals surface area contributed by atoms with Gasteiger partial charge in [0.25, 0.3) is 0 Å². The average Bonchev–Trinajstić information content (AvgIpc) is 2.72. The molecule has 0 bridgehead atoms. The molecule has 1 aliphatic carbocycles. The van der Waals surface area contributed by atoms with Crippen LogP contribution in [-0.2, 0) is 14.2 Å². The molecule has 18 heavy (non-hydrogen) atoms. The highest BCUT2D eigenvalue weighted by atomic mass is 16.7. The van der Waals surface area contributed by atoms with Crippen LogP contribution in [0.1, 0.15) is 45.4 Å². The molecule has 5 nitrogen and oxygen atoms in total. The minimum atomic E-state index is -0.334. The van der Waals surface area contributed by atoms with E-state index < -0.39 is 0 Å². The quantitative estimate of drug-likeness (QED) is 0.819. The predicted molar refractivity (Wildman–Crippen MR) is 64.1 cm³/mol. The van der Waals surface area contributed by atoms with Crippen molar-refractivity contribution in [3.8, 4) is 0 Å². The third kappa shape index (κ3) is 2.47. The van der Waals surface area contributed by atoms with Crippen molar-refractivity contribution in [2.75, 3.05) is 0 Å². The van der Waals surface area contributed by atoms with Gasteiger partial charge < -0.3 is 19.5 Å². The van der Waals surface area contributed by atoms with Gasteiger partial charge in [-0.3, -0.25) is 0 Å². The average molecular weight is 255 g/mol. The fourth-order valence-corrected chi connectivity index (χ4v) is 3.17. The smallest absolute Gasteiger partial charge is 0.407 e. The lowest BCUT2D eigenvalue weighted by Gasteiger charge is -2.37. The molecule has 1 saturated carbocycles. The van der Waals surface area contributed by atoms with Crippen LogP contribution in [0.25, 0.3) is 0 Å². The monoisotopic (exact) mass is 255 g/mol. The Balaban J connectivity index is 1.56. The first-order valence-corrected chi connectivity index (χ1v) is 7.00. The molecule has 5 heteroatoms. The van der Waals surface area contributed by atoms with E-state index in [0.717, 1.165) is 12.8 Å². The highest BCUT2D eigenvalue weighted by molar-refractivity contribution is 5.70. The van der Waals surface area contributed by atoms with E-state index in [-0.39, 0.29) is 30.6 Å². The van der Waals surface area contributed by atoms with E-state index in [1.54, 1.807) is 0 Å². The minimum absolute atomic E-state index is 0.0369. The fourth-order valence-electron chi connectivity index (χ4n) is 3.17. The van der Waals surface area contributed by atoms with Crippen molar-refractivity contribution in [1.82, 2.24) is 5.32 Å². The Morgan fingerprint density at radius 1 is 1.28 bits per heavy atom. The van der Waals surface area contributed by atoms with Gasteiger partial charge in [0, 0.05) is 6.42 Å². The summed E-state index contributed by atoms with van der Waals surface area (Å²) < 4.78 is 17.0. The molecule has 2 saturated heterocycles. The highest BCUT2D eigenvalue weighted by Gasteiger charge is 2.45. The van der Waals surface area contributed by atoms with Crippen molar-refractivity contribution in [3.05, 3.63) is 0 Å². The maximum absolute atomic E-state index is 11.2. The van der Waals surface area contributed by atoms with E-state index in [0.29, 0.717) is 12.5 Å². The van der Waals surface area contributed by atoms with Crippen LogP contribution in [0.4, 0.5) is 4.79 Å². The summed E-state index contributed by atoms with van der Waals surface area (Å²) in [6, 6.07) is 0.0369. The molecule has 1 N–H and O–H groups in total. The molecule has 3 rings (SSSR count). The van der Waals surface area contributed by atoms with Crippen molar-refractivity contribution in [3.63, 3.8) is 0 Å². The first-order chi connectivity index (χ1) is 8.72. The van der Waals surface area contributed by atoms with Crippen molar-refractivity contribution >= 4 is 6.09 Å². The Labute approximate surface area is 107 Å². The number of ether oxygens (including phenoxy) is 3. The number of fused-ring (bicyclic) bond motifs is 1. The molecule has 2 aliphatic heterocycles. The Morgan fingerprint density at radius 3 is 2.83 bits per heavy atom. The summed E-state index contributed by atoms with van der Waals surface area (Å²) in [6.07, 6.45) is 6.29. The van der Waals surface area contributed by atoms with Crippen LogP contribution in [-0.4, -0.2) is 36.7 Å². The molecule has 102 valence electrons. The van der Waals surface area contributed by atoms with E-state index >= 15 is 0 Å². The van der Waals surface area contributed by atoms with Gasteiger partial charge in [0.2, 0.25) is 0 Å². The number of hydrogen-bond acceptors (Lipinski definition) is 4. The maximum atomic E-state index is 11.2. The van der Waals surface area contributed by atoms with Crippen LogP contribution in [0.15, 0.2) is 0 Å². The van der Waals surface area contributed by atoms with Crippen LogP contribution >= 0.6 is 0 Å². The van der Waals surface area contributed by atoms with Gasteiger partial charge in [0.05, 0.1) is 18.2 Å². The Hall–Kier alpha value is -0.810. The second kappa shape index (κ2) is 5.05. The van der Waals surface area contributed by atoms with Crippen molar-refractivity contribution in [2.24, 2.45) is 0 Å². The van der Waals surface area contributed by atoms with Gasteiger partial charge in [-0.05, 0) is 19.8 Å². The second-order valence-electron chi connectivity index (χ2n) is 5.52. The van der Waals surface area contributed by atoms with E-state index in [1.165, 1.54) is 19.3 Å². The summed E-state index contributed by atoms with van der Waals surface area (Å²) in [4.78, 5) is 11.2. The molecule has 3 aliphatic rings. The normalized spacial score (nSPS) is 41.1. The topological polar surface area (TPSA) is 56.8 Å². The first-order valence-electron chi connectivity index (χ1n) is 7.00. The standard InChI is InChI=1S/C13H21NO4/c1-8-12-10(14-13(15)18-12)7-11(16-8)17-9-5-3-2-4-6-9/h8-12H,2-7H2,1H3,(H,14,15)/t8-,10-,11-,12+/m0/s1. The zero-order chi connectivity index (χ0) is 12.5. The molecular formula is C13H21NO4. The second-order valence-corrected chi connectivity index (χ2v) is 5.52. The molecule has 1 amide bonds. The Kier molecular flexibility index (Phi) is 3.43. The summed E-state index contributed by atoms with van der Waals surface area (Å²) in [6.45, 7) is 1.94. The van der Waals surface area contributed by atoms with Gasteiger partial charge in [0.15, 0.2) is 6.29 Å². The number of carbonyl (C=O) groups is 1. The highest BCUT2D eigenvalue weighted by Crippen LogP contribution is 2.30. The van der Waals surface area contributed by atoms with Crippen LogP contribution in [0, 0.1) is 0 Å².